The second kappa shape index (κ2) is 8.42. The molecule has 18 heavy (non-hydrogen) atoms. The van der Waals surface area contributed by atoms with Crippen molar-refractivity contribution in [3.63, 3.8) is 0 Å². The van der Waals surface area contributed by atoms with E-state index in [9.17, 15) is 0 Å². The van der Waals surface area contributed by atoms with Gasteiger partial charge in [-0.2, -0.15) is 0 Å². The second-order valence-electron chi connectivity index (χ2n) is 3.22. The maximum atomic E-state index is 8.85. The van der Waals surface area contributed by atoms with Crippen molar-refractivity contribution in [2.75, 3.05) is 0 Å². The van der Waals surface area contributed by atoms with Crippen LogP contribution in [0.2, 0.25) is 0 Å². The summed E-state index contributed by atoms with van der Waals surface area (Å²) >= 11 is 0. The molecule has 0 spiro atoms. The summed E-state index contributed by atoms with van der Waals surface area (Å²) in [7, 11) is -4.42. The molecule has 6 heteroatoms. The molecule has 2 N–H and O–H groups in total. The van der Waals surface area contributed by atoms with E-state index in [1.165, 1.54) is 11.1 Å². The molecule has 0 saturated heterocycles. The van der Waals surface area contributed by atoms with Gasteiger partial charge < -0.3 is 4.55 Å². The van der Waals surface area contributed by atoms with Crippen LogP contribution in [-0.4, -0.2) is 13.0 Å². The van der Waals surface area contributed by atoms with Gasteiger partial charge in [-0.3, -0.25) is 0 Å². The predicted octanol–water partition coefficient (Wildman–Crippen LogP) is -1.24. The molecule has 0 aromatic heterocycles. The standard InChI is InChI=1S/C12H10.H3NO3S.Na/c1-3-7-11(8-4-1)12-9-5-2-6-10-12;1-5(2,3)4;/h1-10H;(H3,1,2,3,4);/q;;+1/p-1. The van der Waals surface area contributed by atoms with Gasteiger partial charge in [-0.25, -0.2) is 13.6 Å². The van der Waals surface area contributed by atoms with E-state index in [4.69, 9.17) is 13.0 Å². The van der Waals surface area contributed by atoms with Crippen LogP contribution in [0, 0.1) is 0 Å². The Balaban J connectivity index is 0.000000421. The summed E-state index contributed by atoms with van der Waals surface area (Å²) in [5.41, 5.74) is 2.55. The minimum atomic E-state index is -4.42. The van der Waals surface area contributed by atoms with Crippen LogP contribution in [0.25, 0.3) is 11.1 Å². The fraction of sp³-hybridized carbons (Fsp3) is 0. The average Bonchev–Trinajstić information content (AvgIpc) is 2.29. The van der Waals surface area contributed by atoms with Gasteiger partial charge >= 0.3 is 29.6 Å². The predicted molar refractivity (Wildman–Crippen MR) is 65.8 cm³/mol. The Morgan fingerprint density at radius 3 is 1.22 bits per heavy atom. The normalized spacial score (nSPS) is 9.67. The number of hydrogen-bond donors (Lipinski definition) is 1. The molecular weight excluding hydrogens is 261 g/mol. The quantitative estimate of drug-likeness (QED) is 0.521. The summed E-state index contributed by atoms with van der Waals surface area (Å²) in [5, 5.41) is 3.77. The van der Waals surface area contributed by atoms with Gasteiger partial charge in [-0.15, -0.1) is 0 Å². The van der Waals surface area contributed by atoms with Crippen molar-refractivity contribution in [1.82, 2.24) is 0 Å². The summed E-state index contributed by atoms with van der Waals surface area (Å²) in [4.78, 5) is 0. The minimum absolute atomic E-state index is 0. The fourth-order valence-electron chi connectivity index (χ4n) is 1.26. The van der Waals surface area contributed by atoms with Crippen molar-refractivity contribution in [3.05, 3.63) is 60.7 Å². The van der Waals surface area contributed by atoms with Crippen LogP contribution < -0.4 is 34.7 Å². The van der Waals surface area contributed by atoms with Crippen LogP contribution >= 0.6 is 0 Å². The molecule has 90 valence electrons. The van der Waals surface area contributed by atoms with Crippen molar-refractivity contribution in [2.45, 2.75) is 0 Å². The SMILES string of the molecule is NS(=O)(=O)[O-].[Na+].c1ccc(-c2ccccc2)cc1. The topological polar surface area (TPSA) is 83.2 Å². The van der Waals surface area contributed by atoms with Crippen molar-refractivity contribution in [2.24, 2.45) is 5.14 Å². The first-order chi connectivity index (χ1) is 7.97. The van der Waals surface area contributed by atoms with Crippen LogP contribution in [-0.2, 0) is 10.3 Å². The third kappa shape index (κ3) is 8.41. The van der Waals surface area contributed by atoms with Crippen molar-refractivity contribution in [3.8, 4) is 11.1 Å². The van der Waals surface area contributed by atoms with Crippen LogP contribution in [0.3, 0.4) is 0 Å². The maximum absolute atomic E-state index is 8.85. The third-order valence-corrected chi connectivity index (χ3v) is 1.88. The van der Waals surface area contributed by atoms with Crippen LogP contribution in [0.5, 0.6) is 0 Å². The van der Waals surface area contributed by atoms with Crippen molar-refractivity contribution >= 4 is 10.3 Å². The van der Waals surface area contributed by atoms with E-state index in [0.29, 0.717) is 0 Å². The zero-order chi connectivity index (χ0) is 12.7. The van der Waals surface area contributed by atoms with Gasteiger partial charge in [-0.1, -0.05) is 60.7 Å². The summed E-state index contributed by atoms with van der Waals surface area (Å²) < 4.78 is 26.6. The van der Waals surface area contributed by atoms with Crippen LogP contribution in [0.15, 0.2) is 60.7 Å². The maximum Gasteiger partial charge on any atom is 1.00 e. The molecular formula is C12H12NNaO3S. The molecule has 2 aromatic carbocycles. The Morgan fingerprint density at radius 1 is 0.778 bits per heavy atom. The average molecular weight is 273 g/mol. The van der Waals surface area contributed by atoms with E-state index in [1.807, 2.05) is 12.1 Å². The minimum Gasteiger partial charge on any atom is -0.736 e. The molecule has 4 nitrogen and oxygen atoms in total. The van der Waals surface area contributed by atoms with Crippen molar-refractivity contribution in [1.29, 1.82) is 0 Å². The molecule has 0 heterocycles. The fourth-order valence-corrected chi connectivity index (χ4v) is 1.26. The number of nitrogens with two attached hydrogens (primary N) is 1. The monoisotopic (exact) mass is 273 g/mol. The van der Waals surface area contributed by atoms with Gasteiger partial charge in [-0.05, 0) is 11.1 Å². The van der Waals surface area contributed by atoms with E-state index in [2.05, 4.69) is 53.7 Å². The zero-order valence-electron chi connectivity index (χ0n) is 9.98. The number of rotatable bonds is 1. The zero-order valence-corrected chi connectivity index (χ0v) is 12.8. The van der Waals surface area contributed by atoms with E-state index >= 15 is 0 Å². The Kier molecular flexibility index (Phi) is 8.10. The van der Waals surface area contributed by atoms with E-state index in [-0.39, 0.29) is 29.6 Å². The molecule has 0 radical (unpaired) electrons. The molecule has 0 aliphatic rings. The third-order valence-electron chi connectivity index (χ3n) is 1.88. The second-order valence-corrected chi connectivity index (χ2v) is 4.21. The van der Waals surface area contributed by atoms with E-state index in [0.717, 1.165) is 0 Å². The molecule has 0 saturated carbocycles. The molecule has 0 aliphatic carbocycles. The van der Waals surface area contributed by atoms with E-state index in [1.54, 1.807) is 0 Å². The largest absolute Gasteiger partial charge is 1.00 e. The van der Waals surface area contributed by atoms with Crippen molar-refractivity contribution < 1.29 is 42.5 Å². The Morgan fingerprint density at radius 2 is 1.00 bits per heavy atom. The molecule has 0 aliphatic heterocycles. The molecule has 0 bridgehead atoms. The smallest absolute Gasteiger partial charge is 0.736 e. The first-order valence-corrected chi connectivity index (χ1v) is 6.28. The van der Waals surface area contributed by atoms with Gasteiger partial charge in [0, 0.05) is 0 Å². The molecule has 0 unspecified atom stereocenters. The Labute approximate surface area is 129 Å². The van der Waals surface area contributed by atoms with Gasteiger partial charge in [0.25, 0.3) is 0 Å². The van der Waals surface area contributed by atoms with Crippen LogP contribution in [0.1, 0.15) is 0 Å². The van der Waals surface area contributed by atoms with E-state index < -0.39 is 10.3 Å². The molecule has 2 aromatic rings. The van der Waals surface area contributed by atoms with Crippen LogP contribution in [0.4, 0.5) is 0 Å². The number of hydrogen-bond acceptors (Lipinski definition) is 3. The van der Waals surface area contributed by atoms with Gasteiger partial charge in [0.1, 0.15) is 0 Å². The molecule has 0 amide bonds. The summed E-state index contributed by atoms with van der Waals surface area (Å²) in [6, 6.07) is 20.8. The Bertz CT molecular complexity index is 499. The summed E-state index contributed by atoms with van der Waals surface area (Å²) in [6.07, 6.45) is 0. The first kappa shape index (κ1) is 17.3. The first-order valence-electron chi connectivity index (χ1n) is 4.81. The van der Waals surface area contributed by atoms with Gasteiger partial charge in [0.05, 0.1) is 0 Å². The summed E-state index contributed by atoms with van der Waals surface area (Å²) in [5.74, 6) is 0. The number of benzene rings is 2. The molecule has 0 fully saturated rings. The van der Waals surface area contributed by atoms with Gasteiger partial charge in [0.15, 0.2) is 10.3 Å². The summed E-state index contributed by atoms with van der Waals surface area (Å²) in [6.45, 7) is 0. The molecule has 2 rings (SSSR count). The van der Waals surface area contributed by atoms with Gasteiger partial charge in [0.2, 0.25) is 0 Å². The Hall–Kier alpha value is -0.690. The molecule has 0 atom stereocenters.